The average Bonchev–Trinajstić information content (AvgIpc) is 2.57. The number of benzene rings is 1. The Hall–Kier alpha value is -1.59. The first-order chi connectivity index (χ1) is 7.98. The van der Waals surface area contributed by atoms with Crippen molar-refractivity contribution in [3.8, 4) is 5.75 Å². The van der Waals surface area contributed by atoms with Gasteiger partial charge >= 0.3 is 6.36 Å². The molecule has 0 bridgehead atoms. The number of hydrogen-bond acceptors (Lipinski definition) is 3. The average molecular weight is 246 g/mol. The third-order valence-corrected chi connectivity index (χ3v) is 2.46. The zero-order valence-corrected chi connectivity index (χ0v) is 9.27. The second kappa shape index (κ2) is 4.35. The van der Waals surface area contributed by atoms with Gasteiger partial charge in [0.15, 0.2) is 0 Å². The normalized spacial score (nSPS) is 18.2. The summed E-state index contributed by atoms with van der Waals surface area (Å²) in [6.07, 6.45) is -2.67. The fraction of sp³-hybridized carbons (Fsp3) is 0.455. The summed E-state index contributed by atoms with van der Waals surface area (Å²) in [7, 11) is 0. The Morgan fingerprint density at radius 3 is 2.59 bits per heavy atom. The van der Waals surface area contributed by atoms with Gasteiger partial charge in [-0.3, -0.25) is 0 Å². The maximum absolute atomic E-state index is 12.0. The molecule has 0 amide bonds. The van der Waals surface area contributed by atoms with Crippen molar-refractivity contribution in [3.63, 3.8) is 0 Å². The summed E-state index contributed by atoms with van der Waals surface area (Å²) in [4.78, 5) is 0. The Morgan fingerprint density at radius 2 is 1.94 bits per heavy atom. The zero-order chi connectivity index (χ0) is 12.5. The second-order valence-corrected chi connectivity index (χ2v) is 3.89. The number of rotatable bonds is 3. The molecule has 0 radical (unpaired) electrons. The van der Waals surface area contributed by atoms with E-state index in [4.69, 9.17) is 0 Å². The van der Waals surface area contributed by atoms with E-state index in [1.165, 1.54) is 12.1 Å². The second-order valence-electron chi connectivity index (χ2n) is 3.89. The topological polar surface area (TPSA) is 33.3 Å². The third-order valence-electron chi connectivity index (χ3n) is 2.46. The number of anilines is 2. The van der Waals surface area contributed by atoms with Crippen molar-refractivity contribution in [2.24, 2.45) is 0 Å². The first-order valence-electron chi connectivity index (χ1n) is 5.41. The molecule has 1 aliphatic rings. The van der Waals surface area contributed by atoms with Gasteiger partial charge in [0.1, 0.15) is 5.75 Å². The molecule has 0 saturated carbocycles. The maximum Gasteiger partial charge on any atom is 0.573 e. The Labute approximate surface area is 97.0 Å². The highest BCUT2D eigenvalue weighted by Gasteiger charge is 2.31. The molecule has 0 fully saturated rings. The van der Waals surface area contributed by atoms with E-state index >= 15 is 0 Å². The van der Waals surface area contributed by atoms with Gasteiger partial charge < -0.3 is 15.4 Å². The number of ether oxygens (including phenoxy) is 1. The molecule has 2 rings (SSSR count). The molecule has 1 aliphatic heterocycles. The fourth-order valence-corrected chi connectivity index (χ4v) is 1.81. The number of hydrogen-bond donors (Lipinski definition) is 2. The maximum atomic E-state index is 12.0. The highest BCUT2D eigenvalue weighted by Crippen LogP contribution is 2.35. The van der Waals surface area contributed by atoms with Crippen LogP contribution in [-0.4, -0.2) is 12.5 Å². The third kappa shape index (κ3) is 2.95. The van der Waals surface area contributed by atoms with E-state index in [1.54, 1.807) is 6.07 Å². The van der Waals surface area contributed by atoms with Gasteiger partial charge in [0, 0.05) is 6.07 Å². The summed E-state index contributed by atoms with van der Waals surface area (Å²) in [6.45, 7) is 2.05. The molecule has 94 valence electrons. The lowest BCUT2D eigenvalue weighted by Crippen LogP contribution is -2.21. The summed E-state index contributed by atoms with van der Waals surface area (Å²) in [6, 6.07) is 4.24. The van der Waals surface area contributed by atoms with Crippen LogP contribution in [0.25, 0.3) is 0 Å². The predicted molar refractivity (Wildman–Crippen MR) is 59.1 cm³/mol. The van der Waals surface area contributed by atoms with Gasteiger partial charge in [0.25, 0.3) is 0 Å². The molecule has 6 heteroatoms. The van der Waals surface area contributed by atoms with E-state index in [2.05, 4.69) is 15.4 Å². The van der Waals surface area contributed by atoms with E-state index in [9.17, 15) is 13.2 Å². The molecule has 1 atom stereocenters. The molecule has 0 spiro atoms. The van der Waals surface area contributed by atoms with Crippen molar-refractivity contribution < 1.29 is 17.9 Å². The van der Waals surface area contributed by atoms with E-state index in [1.807, 2.05) is 6.92 Å². The lowest BCUT2D eigenvalue weighted by atomic mass is 10.2. The molecular weight excluding hydrogens is 233 g/mol. The predicted octanol–water partition coefficient (Wildman–Crippen LogP) is 3.55. The molecule has 1 heterocycles. The van der Waals surface area contributed by atoms with Gasteiger partial charge in [-0.2, -0.15) is 0 Å². The summed E-state index contributed by atoms with van der Waals surface area (Å²) < 4.78 is 40.0. The van der Waals surface area contributed by atoms with E-state index in [0.717, 1.165) is 18.5 Å². The lowest BCUT2D eigenvalue weighted by Gasteiger charge is -2.10. The number of nitrogens with one attached hydrogen (secondary N) is 2. The molecule has 1 aromatic carbocycles. The molecule has 0 aromatic heterocycles. The van der Waals surface area contributed by atoms with E-state index in [-0.39, 0.29) is 11.9 Å². The number of fused-ring (bicyclic) bond motifs is 1. The van der Waals surface area contributed by atoms with Gasteiger partial charge in [-0.05, 0) is 18.6 Å². The van der Waals surface area contributed by atoms with Gasteiger partial charge in [0.05, 0.1) is 17.5 Å². The fourth-order valence-electron chi connectivity index (χ4n) is 1.81. The molecule has 1 aromatic rings. The van der Waals surface area contributed by atoms with Crippen LogP contribution in [0.1, 0.15) is 19.8 Å². The molecule has 17 heavy (non-hydrogen) atoms. The van der Waals surface area contributed by atoms with Crippen molar-refractivity contribution in [1.29, 1.82) is 0 Å². The largest absolute Gasteiger partial charge is 0.573 e. The molecule has 0 aliphatic carbocycles. The minimum absolute atomic E-state index is 0.0798. The Kier molecular flexibility index (Phi) is 3.04. The summed E-state index contributed by atoms with van der Waals surface area (Å²) >= 11 is 0. The van der Waals surface area contributed by atoms with Crippen LogP contribution in [0.15, 0.2) is 18.2 Å². The van der Waals surface area contributed by atoms with Crippen LogP contribution in [0.2, 0.25) is 0 Å². The smallest absolute Gasteiger partial charge is 0.406 e. The van der Waals surface area contributed by atoms with Crippen LogP contribution in [0.3, 0.4) is 0 Å². The minimum atomic E-state index is -4.65. The summed E-state index contributed by atoms with van der Waals surface area (Å²) in [5.41, 5.74) is 1.45. The van der Waals surface area contributed by atoms with Crippen molar-refractivity contribution >= 4 is 11.4 Å². The van der Waals surface area contributed by atoms with Crippen LogP contribution in [0, 0.1) is 0 Å². The van der Waals surface area contributed by atoms with Gasteiger partial charge in [0.2, 0.25) is 0 Å². The Bertz CT molecular complexity index is 406. The quantitative estimate of drug-likeness (QED) is 0.855. The molecular formula is C11H13F3N2O. The van der Waals surface area contributed by atoms with Crippen molar-refractivity contribution in [3.05, 3.63) is 18.2 Å². The van der Waals surface area contributed by atoms with Crippen molar-refractivity contribution in [2.75, 3.05) is 10.6 Å². The highest BCUT2D eigenvalue weighted by molar-refractivity contribution is 5.75. The SMILES string of the molecule is CCCC1Nc2ccc(OC(F)(F)F)cc2N1. The molecule has 0 saturated heterocycles. The van der Waals surface area contributed by atoms with Gasteiger partial charge in [-0.1, -0.05) is 13.3 Å². The van der Waals surface area contributed by atoms with Gasteiger partial charge in [-0.15, -0.1) is 13.2 Å². The van der Waals surface area contributed by atoms with Crippen molar-refractivity contribution in [1.82, 2.24) is 0 Å². The Morgan fingerprint density at radius 1 is 1.24 bits per heavy atom. The number of halogens is 3. The Balaban J connectivity index is 2.10. The molecule has 3 nitrogen and oxygen atoms in total. The van der Waals surface area contributed by atoms with E-state index < -0.39 is 6.36 Å². The van der Waals surface area contributed by atoms with Crippen LogP contribution >= 0.6 is 0 Å². The summed E-state index contributed by atoms with van der Waals surface area (Å²) in [5.74, 6) is -0.206. The van der Waals surface area contributed by atoms with Crippen LogP contribution < -0.4 is 15.4 Å². The van der Waals surface area contributed by atoms with E-state index in [0.29, 0.717) is 5.69 Å². The lowest BCUT2D eigenvalue weighted by molar-refractivity contribution is -0.274. The number of alkyl halides is 3. The van der Waals surface area contributed by atoms with Crippen LogP contribution in [-0.2, 0) is 0 Å². The summed E-state index contributed by atoms with van der Waals surface area (Å²) in [5, 5.41) is 6.28. The minimum Gasteiger partial charge on any atom is -0.406 e. The molecule has 2 N–H and O–H groups in total. The first kappa shape index (κ1) is 11.9. The van der Waals surface area contributed by atoms with Crippen molar-refractivity contribution in [2.45, 2.75) is 32.3 Å². The first-order valence-corrected chi connectivity index (χ1v) is 5.41. The molecule has 1 unspecified atom stereocenters. The van der Waals surface area contributed by atoms with Crippen LogP contribution in [0.5, 0.6) is 5.75 Å². The van der Waals surface area contributed by atoms with Crippen LogP contribution in [0.4, 0.5) is 24.5 Å². The standard InChI is InChI=1S/C11H13F3N2O/c1-2-3-10-15-8-5-4-7(6-9(8)16-10)17-11(12,13)14/h4-6,10,15-16H,2-3H2,1H3. The zero-order valence-electron chi connectivity index (χ0n) is 9.27. The highest BCUT2D eigenvalue weighted by atomic mass is 19.4. The van der Waals surface area contributed by atoms with Gasteiger partial charge in [-0.25, -0.2) is 0 Å². The monoisotopic (exact) mass is 246 g/mol.